The molecule has 1 heterocycles. The molecule has 1 aromatic carbocycles. The zero-order chi connectivity index (χ0) is 15.6. The van der Waals surface area contributed by atoms with Gasteiger partial charge in [-0.15, -0.1) is 0 Å². The van der Waals surface area contributed by atoms with Crippen LogP contribution < -0.4 is 25.0 Å². The third-order valence-corrected chi connectivity index (χ3v) is 4.96. The summed E-state index contributed by atoms with van der Waals surface area (Å²) in [5.74, 6) is -0.140. The first-order valence-corrected chi connectivity index (χ1v) is 10.8. The fraction of sp³-hybridized carbons (Fsp3) is 0.562. The van der Waals surface area contributed by atoms with Gasteiger partial charge in [-0.2, -0.15) is 0 Å². The average molecular weight is 419 g/mol. The Hall–Kier alpha value is -0.700. The molecule has 0 amide bonds. The molecule has 6 heteroatoms. The number of carbonyl (C=O) groups is 1. The number of nitrogens with zero attached hydrogens (tertiary/aromatic N) is 1. The van der Waals surface area contributed by atoms with E-state index in [1.54, 1.807) is 0 Å². The maximum atomic E-state index is 12.3. The van der Waals surface area contributed by atoms with Crippen LogP contribution in [0, 0.1) is 0 Å². The Morgan fingerprint density at radius 1 is 1.36 bits per heavy atom. The van der Waals surface area contributed by atoms with Crippen molar-refractivity contribution in [2.45, 2.75) is 19.1 Å². The van der Waals surface area contributed by atoms with E-state index in [0.29, 0.717) is 6.61 Å². The minimum absolute atomic E-state index is 0.140. The summed E-state index contributed by atoms with van der Waals surface area (Å²) in [6, 6.07) is 9.61. The quantitative estimate of drug-likeness (QED) is 0.230. The van der Waals surface area contributed by atoms with Crippen LogP contribution >= 0.6 is 0 Å². The predicted molar refractivity (Wildman–Crippen MR) is 81.0 cm³/mol. The monoisotopic (exact) mass is 419 g/mol. The van der Waals surface area contributed by atoms with E-state index >= 15 is 0 Å². The second-order valence-electron chi connectivity index (χ2n) is 5.19. The first kappa shape index (κ1) is 17.7. The van der Waals surface area contributed by atoms with Gasteiger partial charge < -0.3 is 0 Å². The molecule has 0 aliphatic carbocycles. The standard InChI is InChI=1S/C16H24IN2O3/c1-17-18-15(7-8-19-9-11-21-12-10-19)16(20)22-13-14-5-3-2-4-6-14/h2-6,15,18H,7-13H2,1H3/q-1/t15-/m0/s1. The van der Waals surface area contributed by atoms with Crippen molar-refractivity contribution in [2.75, 3.05) is 37.8 Å². The van der Waals surface area contributed by atoms with Crippen molar-refractivity contribution in [3.63, 3.8) is 0 Å². The SMILES string of the molecule is C[I-]N[C@@H](CCN1CCOCC1)C(=O)OCc1ccccc1. The number of halogens is 1. The van der Waals surface area contributed by atoms with Crippen LogP contribution in [0.5, 0.6) is 0 Å². The van der Waals surface area contributed by atoms with Crippen LogP contribution in [-0.2, 0) is 20.9 Å². The first-order valence-electron chi connectivity index (χ1n) is 7.54. The molecule has 2 rings (SSSR count). The molecule has 0 unspecified atom stereocenters. The van der Waals surface area contributed by atoms with Gasteiger partial charge in [0.15, 0.2) is 0 Å². The Labute approximate surface area is 143 Å². The van der Waals surface area contributed by atoms with Crippen LogP contribution in [0.25, 0.3) is 0 Å². The summed E-state index contributed by atoms with van der Waals surface area (Å²) < 4.78 is 14.1. The molecule has 1 aliphatic rings. The van der Waals surface area contributed by atoms with Gasteiger partial charge in [0, 0.05) is 0 Å². The van der Waals surface area contributed by atoms with Gasteiger partial charge in [0.25, 0.3) is 0 Å². The number of rotatable bonds is 8. The Morgan fingerprint density at radius 2 is 2.09 bits per heavy atom. The molecular weight excluding hydrogens is 395 g/mol. The molecule has 0 bridgehead atoms. The van der Waals surface area contributed by atoms with Gasteiger partial charge in [0.1, 0.15) is 0 Å². The number of esters is 1. The summed E-state index contributed by atoms with van der Waals surface area (Å²) in [6.45, 7) is 4.73. The normalized spacial score (nSPS) is 17.3. The Bertz CT molecular complexity index is 438. The molecule has 0 saturated carbocycles. The number of nitrogens with one attached hydrogen (secondary N) is 1. The number of carbonyl (C=O) groups excluding carboxylic acids is 1. The molecule has 0 spiro atoms. The van der Waals surface area contributed by atoms with E-state index in [9.17, 15) is 4.79 Å². The molecule has 1 N–H and O–H groups in total. The van der Waals surface area contributed by atoms with Gasteiger partial charge >= 0.3 is 143 Å². The van der Waals surface area contributed by atoms with Gasteiger partial charge in [-0.1, -0.05) is 0 Å². The first-order chi connectivity index (χ1) is 10.8. The van der Waals surface area contributed by atoms with E-state index in [1.165, 1.54) is 0 Å². The second-order valence-corrected chi connectivity index (χ2v) is 6.89. The molecule has 1 fully saturated rings. The molecular formula is C16H24IN2O3-. The molecule has 5 nitrogen and oxygen atoms in total. The molecule has 1 atom stereocenters. The van der Waals surface area contributed by atoms with Gasteiger partial charge in [-0.05, 0) is 0 Å². The molecule has 1 saturated heterocycles. The molecule has 0 aromatic heterocycles. The zero-order valence-electron chi connectivity index (χ0n) is 13.0. The average Bonchev–Trinajstić information content (AvgIpc) is 2.58. The van der Waals surface area contributed by atoms with Crippen molar-refractivity contribution in [3.8, 4) is 0 Å². The van der Waals surface area contributed by atoms with E-state index in [0.717, 1.165) is 44.8 Å². The third kappa shape index (κ3) is 6.20. The summed E-state index contributed by atoms with van der Waals surface area (Å²) >= 11 is -0.158. The van der Waals surface area contributed by atoms with Crippen LogP contribution in [0.2, 0.25) is 0 Å². The number of benzene rings is 1. The fourth-order valence-electron chi connectivity index (χ4n) is 2.31. The summed E-state index contributed by atoms with van der Waals surface area (Å²) in [4.78, 5) is 16.7. The van der Waals surface area contributed by atoms with Crippen LogP contribution in [-0.4, -0.2) is 54.7 Å². The van der Waals surface area contributed by atoms with Gasteiger partial charge in [0.2, 0.25) is 0 Å². The minimum atomic E-state index is -0.190. The van der Waals surface area contributed by atoms with Crippen molar-refractivity contribution in [3.05, 3.63) is 35.9 Å². The summed E-state index contributed by atoms with van der Waals surface area (Å²) in [5, 5.41) is 0. The molecule has 1 aromatic rings. The van der Waals surface area contributed by atoms with Crippen molar-refractivity contribution in [2.24, 2.45) is 0 Å². The van der Waals surface area contributed by atoms with E-state index < -0.39 is 0 Å². The van der Waals surface area contributed by atoms with E-state index in [2.05, 4.69) is 13.4 Å². The van der Waals surface area contributed by atoms with Gasteiger partial charge in [-0.3, -0.25) is 0 Å². The van der Waals surface area contributed by atoms with Crippen LogP contribution in [0.3, 0.4) is 0 Å². The fourth-order valence-corrected chi connectivity index (χ4v) is 3.63. The number of hydrogen-bond donors (Lipinski definition) is 1. The van der Waals surface area contributed by atoms with Gasteiger partial charge in [-0.25, -0.2) is 0 Å². The predicted octanol–water partition coefficient (Wildman–Crippen LogP) is -1.96. The number of ether oxygens (including phenoxy) is 2. The Morgan fingerprint density at radius 3 is 2.77 bits per heavy atom. The Kier molecular flexibility index (Phi) is 8.14. The van der Waals surface area contributed by atoms with E-state index in [4.69, 9.17) is 9.47 Å². The zero-order valence-corrected chi connectivity index (χ0v) is 15.1. The van der Waals surface area contributed by atoms with E-state index in [-0.39, 0.29) is 33.5 Å². The molecule has 124 valence electrons. The van der Waals surface area contributed by atoms with Crippen LogP contribution in [0.1, 0.15) is 12.0 Å². The van der Waals surface area contributed by atoms with Gasteiger partial charge in [0.05, 0.1) is 0 Å². The second kappa shape index (κ2) is 10.1. The molecule has 22 heavy (non-hydrogen) atoms. The third-order valence-electron chi connectivity index (χ3n) is 3.59. The number of hydrogen-bond acceptors (Lipinski definition) is 5. The van der Waals surface area contributed by atoms with Crippen molar-refractivity contribution >= 4 is 5.97 Å². The van der Waals surface area contributed by atoms with Crippen LogP contribution in [0.4, 0.5) is 0 Å². The van der Waals surface area contributed by atoms with Crippen molar-refractivity contribution < 1.29 is 35.7 Å². The van der Waals surface area contributed by atoms with Crippen molar-refractivity contribution in [1.29, 1.82) is 0 Å². The summed E-state index contributed by atoms with van der Waals surface area (Å²) in [6.07, 6.45) is 0.793. The Balaban J connectivity index is 1.77. The van der Waals surface area contributed by atoms with Crippen molar-refractivity contribution in [1.82, 2.24) is 8.43 Å². The molecule has 1 aliphatic heterocycles. The summed E-state index contributed by atoms with van der Waals surface area (Å²) in [7, 11) is 0. The van der Waals surface area contributed by atoms with Crippen LogP contribution in [0.15, 0.2) is 30.3 Å². The summed E-state index contributed by atoms with van der Waals surface area (Å²) in [5.41, 5.74) is 1.02. The van der Waals surface area contributed by atoms with E-state index in [1.807, 2.05) is 30.3 Å². The number of alkyl halides is 1. The number of morpholine rings is 1. The molecule has 0 radical (unpaired) electrons. The topological polar surface area (TPSA) is 50.8 Å². The maximum absolute atomic E-state index is 12.3.